The molecule has 1 aromatic carbocycles. The predicted molar refractivity (Wildman–Crippen MR) is 67.7 cm³/mol. The van der Waals surface area contributed by atoms with Gasteiger partial charge in [-0.15, -0.1) is 0 Å². The van der Waals surface area contributed by atoms with Gasteiger partial charge in [0.25, 0.3) is 5.91 Å². The number of nitrogen functional groups attached to an aromatic ring is 1. The molecule has 3 nitrogen and oxygen atoms in total. The third-order valence-corrected chi connectivity index (χ3v) is 2.50. The van der Waals surface area contributed by atoms with Crippen molar-refractivity contribution in [2.45, 2.75) is 32.7 Å². The van der Waals surface area contributed by atoms with Crippen LogP contribution in [-0.2, 0) is 0 Å². The van der Waals surface area contributed by atoms with E-state index in [4.69, 9.17) is 17.3 Å². The van der Waals surface area contributed by atoms with Crippen LogP contribution in [0.1, 0.15) is 37.0 Å². The maximum Gasteiger partial charge on any atom is 0.251 e. The fraction of sp³-hybridized carbons (Fsp3) is 0.417. The number of nitrogens with one attached hydrogen (secondary N) is 1. The summed E-state index contributed by atoms with van der Waals surface area (Å²) in [6.07, 6.45) is 2.00. The zero-order chi connectivity index (χ0) is 12.1. The maximum atomic E-state index is 11.8. The minimum absolute atomic E-state index is 0.129. The van der Waals surface area contributed by atoms with E-state index < -0.39 is 0 Å². The van der Waals surface area contributed by atoms with Gasteiger partial charge < -0.3 is 11.1 Å². The third-order valence-electron chi connectivity index (χ3n) is 2.28. The molecule has 0 fully saturated rings. The Morgan fingerprint density at radius 2 is 2.19 bits per heavy atom. The zero-order valence-electron chi connectivity index (χ0n) is 9.59. The van der Waals surface area contributed by atoms with Crippen LogP contribution in [0, 0.1) is 0 Å². The first kappa shape index (κ1) is 12.8. The first-order chi connectivity index (χ1) is 7.52. The Kier molecular flexibility index (Phi) is 4.62. The highest BCUT2D eigenvalue weighted by Gasteiger charge is 2.10. The second kappa shape index (κ2) is 5.75. The van der Waals surface area contributed by atoms with Crippen molar-refractivity contribution in [2.24, 2.45) is 0 Å². The Bertz CT molecular complexity index is 359. The van der Waals surface area contributed by atoms with Gasteiger partial charge in [0.1, 0.15) is 0 Å². The number of carbonyl (C=O) groups is 1. The predicted octanol–water partition coefficient (Wildman–Crippen LogP) is 2.84. The molecule has 0 aromatic heterocycles. The highest BCUT2D eigenvalue weighted by Crippen LogP contribution is 2.16. The van der Waals surface area contributed by atoms with Gasteiger partial charge in [0.05, 0.1) is 0 Å². The lowest BCUT2D eigenvalue weighted by atomic mass is 10.1. The van der Waals surface area contributed by atoms with E-state index in [2.05, 4.69) is 12.2 Å². The minimum atomic E-state index is -0.129. The molecule has 1 aromatic rings. The Hall–Kier alpha value is -1.22. The summed E-state index contributed by atoms with van der Waals surface area (Å²) in [7, 11) is 0. The first-order valence-electron chi connectivity index (χ1n) is 5.40. The molecule has 1 unspecified atom stereocenters. The molecule has 0 bridgehead atoms. The van der Waals surface area contributed by atoms with Crippen LogP contribution >= 0.6 is 11.6 Å². The normalized spacial score (nSPS) is 12.2. The summed E-state index contributed by atoms with van der Waals surface area (Å²) in [5.41, 5.74) is 6.63. The monoisotopic (exact) mass is 240 g/mol. The molecule has 0 radical (unpaired) electrons. The van der Waals surface area contributed by atoms with Gasteiger partial charge in [-0.25, -0.2) is 0 Å². The molecule has 0 heterocycles. The summed E-state index contributed by atoms with van der Waals surface area (Å²) in [5.74, 6) is -0.129. The quantitative estimate of drug-likeness (QED) is 0.796. The number of halogens is 1. The highest BCUT2D eigenvalue weighted by molar-refractivity contribution is 6.31. The molecule has 0 aliphatic carbocycles. The number of nitrogens with two attached hydrogens (primary N) is 1. The lowest BCUT2D eigenvalue weighted by Crippen LogP contribution is -2.32. The van der Waals surface area contributed by atoms with E-state index in [1.807, 2.05) is 6.92 Å². The Labute approximate surface area is 101 Å². The maximum absolute atomic E-state index is 11.8. The van der Waals surface area contributed by atoms with E-state index in [1.165, 1.54) is 0 Å². The highest BCUT2D eigenvalue weighted by atomic mass is 35.5. The number of hydrogen-bond acceptors (Lipinski definition) is 2. The van der Waals surface area contributed by atoms with E-state index in [0.717, 1.165) is 12.8 Å². The van der Waals surface area contributed by atoms with Crippen LogP contribution in [0.4, 0.5) is 5.69 Å². The van der Waals surface area contributed by atoms with Gasteiger partial charge >= 0.3 is 0 Å². The van der Waals surface area contributed by atoms with Crippen LogP contribution in [0.5, 0.6) is 0 Å². The van der Waals surface area contributed by atoms with Crippen molar-refractivity contribution in [1.29, 1.82) is 0 Å². The molecule has 3 N–H and O–H groups in total. The van der Waals surface area contributed by atoms with Gasteiger partial charge in [-0.05, 0) is 31.5 Å². The topological polar surface area (TPSA) is 55.1 Å². The largest absolute Gasteiger partial charge is 0.399 e. The number of anilines is 1. The summed E-state index contributed by atoms with van der Waals surface area (Å²) in [4.78, 5) is 11.8. The van der Waals surface area contributed by atoms with Crippen LogP contribution in [0.25, 0.3) is 0 Å². The summed E-state index contributed by atoms with van der Waals surface area (Å²) < 4.78 is 0. The molecule has 1 rings (SSSR count). The van der Waals surface area contributed by atoms with E-state index in [9.17, 15) is 4.79 Å². The van der Waals surface area contributed by atoms with Crippen LogP contribution in [0.15, 0.2) is 18.2 Å². The first-order valence-corrected chi connectivity index (χ1v) is 5.77. The Balaban J connectivity index is 2.72. The van der Waals surface area contributed by atoms with E-state index in [1.54, 1.807) is 18.2 Å². The Morgan fingerprint density at radius 3 is 2.75 bits per heavy atom. The molecule has 0 aliphatic rings. The molecule has 1 atom stereocenters. The zero-order valence-corrected chi connectivity index (χ0v) is 10.3. The van der Waals surface area contributed by atoms with E-state index in [-0.39, 0.29) is 11.9 Å². The second-order valence-electron chi connectivity index (χ2n) is 3.94. The Morgan fingerprint density at radius 1 is 1.50 bits per heavy atom. The van der Waals surface area contributed by atoms with Gasteiger partial charge in [0.15, 0.2) is 0 Å². The standard InChI is InChI=1S/C12H17ClN2O/c1-3-4-8(2)15-12(16)9-5-10(13)7-11(14)6-9/h5-8H,3-4,14H2,1-2H3,(H,15,16). The van der Waals surface area contributed by atoms with Crippen molar-refractivity contribution < 1.29 is 4.79 Å². The number of hydrogen-bond donors (Lipinski definition) is 2. The van der Waals surface area contributed by atoms with E-state index >= 15 is 0 Å². The van der Waals surface area contributed by atoms with Gasteiger partial charge in [0, 0.05) is 22.3 Å². The van der Waals surface area contributed by atoms with E-state index in [0.29, 0.717) is 16.3 Å². The molecule has 1 amide bonds. The van der Waals surface area contributed by atoms with Crippen molar-refractivity contribution in [1.82, 2.24) is 5.32 Å². The van der Waals surface area contributed by atoms with Gasteiger partial charge in [-0.3, -0.25) is 4.79 Å². The number of rotatable bonds is 4. The van der Waals surface area contributed by atoms with Crippen LogP contribution in [-0.4, -0.2) is 11.9 Å². The minimum Gasteiger partial charge on any atom is -0.399 e. The van der Waals surface area contributed by atoms with Crippen LogP contribution in [0.2, 0.25) is 5.02 Å². The summed E-state index contributed by atoms with van der Waals surface area (Å²) in [6.45, 7) is 4.06. The van der Waals surface area contributed by atoms with Crippen molar-refractivity contribution in [2.75, 3.05) is 5.73 Å². The van der Waals surface area contributed by atoms with Gasteiger partial charge in [-0.1, -0.05) is 24.9 Å². The van der Waals surface area contributed by atoms with Crippen molar-refractivity contribution in [3.8, 4) is 0 Å². The van der Waals surface area contributed by atoms with Gasteiger partial charge in [0.2, 0.25) is 0 Å². The molecule has 4 heteroatoms. The summed E-state index contributed by atoms with van der Waals surface area (Å²) >= 11 is 5.83. The smallest absolute Gasteiger partial charge is 0.251 e. The molecular weight excluding hydrogens is 224 g/mol. The molecule has 16 heavy (non-hydrogen) atoms. The van der Waals surface area contributed by atoms with Crippen molar-refractivity contribution in [3.05, 3.63) is 28.8 Å². The van der Waals surface area contributed by atoms with Crippen LogP contribution < -0.4 is 11.1 Å². The SMILES string of the molecule is CCCC(C)NC(=O)c1cc(N)cc(Cl)c1. The number of carbonyl (C=O) groups excluding carboxylic acids is 1. The number of amides is 1. The lowest BCUT2D eigenvalue weighted by Gasteiger charge is -2.13. The number of benzene rings is 1. The van der Waals surface area contributed by atoms with Crippen molar-refractivity contribution in [3.63, 3.8) is 0 Å². The second-order valence-corrected chi connectivity index (χ2v) is 4.37. The fourth-order valence-corrected chi connectivity index (χ4v) is 1.80. The fourth-order valence-electron chi connectivity index (χ4n) is 1.56. The molecule has 0 saturated heterocycles. The molecular formula is C12H17ClN2O. The summed E-state index contributed by atoms with van der Waals surface area (Å²) in [5, 5.41) is 3.38. The van der Waals surface area contributed by atoms with Crippen molar-refractivity contribution >= 4 is 23.2 Å². The molecule has 88 valence electrons. The van der Waals surface area contributed by atoms with Gasteiger partial charge in [-0.2, -0.15) is 0 Å². The molecule has 0 spiro atoms. The lowest BCUT2D eigenvalue weighted by molar-refractivity contribution is 0.0938. The third kappa shape index (κ3) is 3.74. The molecule has 0 saturated carbocycles. The average Bonchev–Trinajstić information content (AvgIpc) is 2.16. The van der Waals surface area contributed by atoms with Crippen LogP contribution in [0.3, 0.4) is 0 Å². The summed E-state index contributed by atoms with van der Waals surface area (Å²) in [6, 6.07) is 5.03. The molecule has 0 aliphatic heterocycles. The average molecular weight is 241 g/mol.